The van der Waals surface area contributed by atoms with Gasteiger partial charge in [0, 0.05) is 33.1 Å². The monoisotopic (exact) mass is 310 g/mol. The molecule has 0 aromatic carbocycles. The lowest BCUT2D eigenvalue weighted by Gasteiger charge is -2.37. The van der Waals surface area contributed by atoms with Crippen molar-refractivity contribution >= 4 is 5.91 Å². The molecule has 0 aliphatic carbocycles. The van der Waals surface area contributed by atoms with Gasteiger partial charge in [0.05, 0.1) is 12.2 Å². The van der Waals surface area contributed by atoms with E-state index in [1.165, 1.54) is 26.1 Å². The maximum atomic E-state index is 11.3. The van der Waals surface area contributed by atoms with Crippen molar-refractivity contribution in [1.29, 1.82) is 0 Å². The first-order chi connectivity index (χ1) is 10.3. The zero-order chi connectivity index (χ0) is 16.2. The largest absolute Gasteiger partial charge is 0.375 e. The maximum absolute atomic E-state index is 11.3. The van der Waals surface area contributed by atoms with Crippen LogP contribution in [0.4, 0.5) is 0 Å². The van der Waals surface area contributed by atoms with E-state index < -0.39 is 0 Å². The molecule has 0 aromatic heterocycles. The molecule has 2 rings (SSSR count). The van der Waals surface area contributed by atoms with Crippen LogP contribution in [0.2, 0.25) is 0 Å². The van der Waals surface area contributed by atoms with Crippen LogP contribution < -0.4 is 0 Å². The first-order valence-electron chi connectivity index (χ1n) is 8.97. The van der Waals surface area contributed by atoms with Gasteiger partial charge in [-0.3, -0.25) is 4.79 Å². The molecule has 0 bridgehead atoms. The third-order valence-corrected chi connectivity index (χ3v) is 4.98. The molecule has 2 aliphatic heterocycles. The molecule has 2 aliphatic rings. The van der Waals surface area contributed by atoms with Crippen LogP contribution in [0.3, 0.4) is 0 Å². The molecular weight excluding hydrogens is 276 g/mol. The smallest absolute Gasteiger partial charge is 0.219 e. The topological polar surface area (TPSA) is 32.8 Å². The highest BCUT2D eigenvalue weighted by molar-refractivity contribution is 5.73. The maximum Gasteiger partial charge on any atom is 0.219 e. The molecule has 4 heteroatoms. The molecule has 4 nitrogen and oxygen atoms in total. The summed E-state index contributed by atoms with van der Waals surface area (Å²) in [6, 6.07) is 0. The van der Waals surface area contributed by atoms with Crippen LogP contribution in [0.15, 0.2) is 0 Å². The van der Waals surface area contributed by atoms with Gasteiger partial charge in [0.1, 0.15) is 0 Å². The highest BCUT2D eigenvalue weighted by atomic mass is 16.5. The van der Waals surface area contributed by atoms with Gasteiger partial charge in [0.2, 0.25) is 5.91 Å². The predicted octanol–water partition coefficient (Wildman–Crippen LogP) is 2.91. The molecule has 2 heterocycles. The van der Waals surface area contributed by atoms with E-state index in [0.29, 0.717) is 17.6 Å². The molecule has 2 saturated heterocycles. The summed E-state index contributed by atoms with van der Waals surface area (Å²) in [7, 11) is 0. The van der Waals surface area contributed by atoms with Crippen LogP contribution in [0.25, 0.3) is 0 Å². The fourth-order valence-electron chi connectivity index (χ4n) is 3.34. The van der Waals surface area contributed by atoms with E-state index >= 15 is 0 Å². The van der Waals surface area contributed by atoms with Crippen molar-refractivity contribution in [2.75, 3.05) is 32.7 Å². The van der Waals surface area contributed by atoms with E-state index in [1.807, 2.05) is 4.90 Å². The Bertz CT molecular complexity index is 349. The summed E-state index contributed by atoms with van der Waals surface area (Å²) in [6.07, 6.45) is 6.39. The van der Waals surface area contributed by atoms with Gasteiger partial charge in [-0.05, 0) is 44.1 Å². The van der Waals surface area contributed by atoms with Gasteiger partial charge >= 0.3 is 0 Å². The summed E-state index contributed by atoms with van der Waals surface area (Å²) in [4.78, 5) is 15.9. The average molecular weight is 310 g/mol. The molecule has 0 radical (unpaired) electrons. The molecule has 0 spiro atoms. The van der Waals surface area contributed by atoms with E-state index in [0.717, 1.165) is 38.8 Å². The number of piperidine rings is 2. The van der Waals surface area contributed by atoms with Crippen LogP contribution in [-0.4, -0.2) is 60.6 Å². The van der Waals surface area contributed by atoms with Crippen molar-refractivity contribution in [3.05, 3.63) is 0 Å². The molecule has 1 amide bonds. The number of nitrogens with zero attached hydrogens (tertiary/aromatic N) is 2. The molecule has 0 saturated carbocycles. The van der Waals surface area contributed by atoms with Crippen LogP contribution in [0.1, 0.15) is 59.8 Å². The van der Waals surface area contributed by atoms with Crippen molar-refractivity contribution in [3.8, 4) is 0 Å². The Labute approximate surface area is 136 Å². The van der Waals surface area contributed by atoms with Crippen molar-refractivity contribution in [1.82, 2.24) is 9.80 Å². The fraction of sp³-hybridized carbons (Fsp3) is 0.944. The number of rotatable bonds is 4. The molecule has 0 atom stereocenters. The van der Waals surface area contributed by atoms with Gasteiger partial charge in [-0.1, -0.05) is 20.8 Å². The summed E-state index contributed by atoms with van der Waals surface area (Å²) < 4.78 is 6.29. The zero-order valence-electron chi connectivity index (χ0n) is 14.9. The van der Waals surface area contributed by atoms with E-state index in [4.69, 9.17) is 4.74 Å². The predicted molar refractivity (Wildman–Crippen MR) is 89.9 cm³/mol. The lowest BCUT2D eigenvalue weighted by molar-refractivity contribution is -0.132. The summed E-state index contributed by atoms with van der Waals surface area (Å²) in [5.74, 6) is 0.200. The van der Waals surface area contributed by atoms with Crippen LogP contribution >= 0.6 is 0 Å². The molecular formula is C18H34N2O2. The number of hydrogen-bond acceptors (Lipinski definition) is 3. The first-order valence-corrected chi connectivity index (χ1v) is 8.97. The molecule has 128 valence electrons. The van der Waals surface area contributed by atoms with Crippen LogP contribution in [0.5, 0.6) is 0 Å². The highest BCUT2D eigenvalue weighted by Gasteiger charge is 2.26. The van der Waals surface area contributed by atoms with E-state index in [2.05, 4.69) is 25.7 Å². The fourth-order valence-corrected chi connectivity index (χ4v) is 3.34. The summed E-state index contributed by atoms with van der Waals surface area (Å²) >= 11 is 0. The van der Waals surface area contributed by atoms with Gasteiger partial charge in [-0.2, -0.15) is 0 Å². The van der Waals surface area contributed by atoms with Crippen LogP contribution in [-0.2, 0) is 9.53 Å². The van der Waals surface area contributed by atoms with E-state index in [9.17, 15) is 4.79 Å². The third-order valence-electron chi connectivity index (χ3n) is 4.98. The number of hydrogen-bond donors (Lipinski definition) is 0. The Balaban J connectivity index is 1.63. The highest BCUT2D eigenvalue weighted by Crippen LogP contribution is 2.23. The van der Waals surface area contributed by atoms with E-state index in [1.54, 1.807) is 6.92 Å². The SMILES string of the molecule is CC(=O)N1CCC(OC2CCN(CCC(C)(C)C)CC2)CC1. The lowest BCUT2D eigenvalue weighted by Crippen LogP contribution is -2.43. The quantitative estimate of drug-likeness (QED) is 0.800. The summed E-state index contributed by atoms with van der Waals surface area (Å²) in [6.45, 7) is 13.9. The summed E-state index contributed by atoms with van der Waals surface area (Å²) in [5.41, 5.74) is 0.429. The Kier molecular flexibility index (Phi) is 6.27. The van der Waals surface area contributed by atoms with Gasteiger partial charge in [0.15, 0.2) is 0 Å². The Hall–Kier alpha value is -0.610. The lowest BCUT2D eigenvalue weighted by atomic mass is 9.91. The number of carbonyl (C=O) groups excluding carboxylic acids is 1. The third kappa shape index (κ3) is 5.88. The van der Waals surface area contributed by atoms with Crippen molar-refractivity contribution < 1.29 is 9.53 Å². The minimum absolute atomic E-state index is 0.200. The molecule has 22 heavy (non-hydrogen) atoms. The second-order valence-electron chi connectivity index (χ2n) is 8.19. The molecule has 0 aromatic rings. The minimum Gasteiger partial charge on any atom is -0.375 e. The number of carbonyl (C=O) groups is 1. The molecule has 0 unspecified atom stereocenters. The van der Waals surface area contributed by atoms with Crippen molar-refractivity contribution in [2.45, 2.75) is 72.0 Å². The number of ether oxygens (including phenoxy) is 1. The summed E-state index contributed by atoms with van der Waals surface area (Å²) in [5, 5.41) is 0. The van der Waals surface area contributed by atoms with Crippen molar-refractivity contribution in [3.63, 3.8) is 0 Å². The van der Waals surface area contributed by atoms with E-state index in [-0.39, 0.29) is 5.91 Å². The normalized spacial score (nSPS) is 23.0. The minimum atomic E-state index is 0.200. The number of amides is 1. The average Bonchev–Trinajstić information content (AvgIpc) is 2.46. The second-order valence-corrected chi connectivity index (χ2v) is 8.19. The standard InChI is InChI=1S/C18H34N2O2/c1-15(21)20-12-7-17(8-13-20)22-16-5-10-19(11-6-16)14-9-18(2,3)4/h16-17H,5-14H2,1-4H3. The van der Waals surface area contributed by atoms with Crippen molar-refractivity contribution in [2.24, 2.45) is 5.41 Å². The zero-order valence-corrected chi connectivity index (χ0v) is 14.9. The van der Waals surface area contributed by atoms with Gasteiger partial charge in [-0.25, -0.2) is 0 Å². The van der Waals surface area contributed by atoms with Gasteiger partial charge in [0.25, 0.3) is 0 Å². The number of likely N-dealkylation sites (tertiary alicyclic amines) is 2. The molecule has 2 fully saturated rings. The van der Waals surface area contributed by atoms with Gasteiger partial charge in [-0.15, -0.1) is 0 Å². The van der Waals surface area contributed by atoms with Crippen LogP contribution in [0, 0.1) is 5.41 Å². The van der Waals surface area contributed by atoms with Gasteiger partial charge < -0.3 is 14.5 Å². The Morgan fingerprint density at radius 3 is 1.95 bits per heavy atom. The Morgan fingerprint density at radius 2 is 1.50 bits per heavy atom. The Morgan fingerprint density at radius 1 is 1.00 bits per heavy atom. The molecule has 0 N–H and O–H groups in total. The first kappa shape index (κ1) is 17.7. The second kappa shape index (κ2) is 7.78.